The predicted molar refractivity (Wildman–Crippen MR) is 54.9 cm³/mol. The summed E-state index contributed by atoms with van der Waals surface area (Å²) in [5.74, 6) is 0.151. The maximum Gasteiger partial charge on any atom is 0.224 e. The van der Waals surface area contributed by atoms with Crippen LogP contribution in [-0.4, -0.2) is 39.9 Å². The summed E-state index contributed by atoms with van der Waals surface area (Å²) in [6.45, 7) is 4.78. The first-order chi connectivity index (χ1) is 5.97. The number of rotatable bonds is 3. The van der Waals surface area contributed by atoms with Crippen LogP contribution in [0.2, 0.25) is 0 Å². The number of thiol groups is 1. The summed E-state index contributed by atoms with van der Waals surface area (Å²) < 4.78 is 0. The quantitative estimate of drug-likeness (QED) is 0.662. The Morgan fingerprint density at radius 3 is 2.69 bits per heavy atom. The number of hydrogen-bond donors (Lipinski definition) is 2. The third-order valence-corrected chi connectivity index (χ3v) is 2.90. The molecule has 76 valence electrons. The van der Waals surface area contributed by atoms with Crippen LogP contribution in [-0.2, 0) is 4.79 Å². The molecule has 4 heteroatoms. The van der Waals surface area contributed by atoms with Crippen LogP contribution in [0, 0.1) is 0 Å². The lowest BCUT2D eigenvalue weighted by atomic mass is 9.99. The van der Waals surface area contributed by atoms with E-state index >= 15 is 0 Å². The van der Waals surface area contributed by atoms with Crippen molar-refractivity contribution >= 4 is 18.5 Å². The number of likely N-dealkylation sites (tertiary alicyclic amines) is 1. The van der Waals surface area contributed by atoms with Gasteiger partial charge in [-0.1, -0.05) is 0 Å². The van der Waals surface area contributed by atoms with Gasteiger partial charge < -0.3 is 10.0 Å². The van der Waals surface area contributed by atoms with Crippen LogP contribution >= 0.6 is 12.6 Å². The van der Waals surface area contributed by atoms with Crippen molar-refractivity contribution in [3.8, 4) is 0 Å². The van der Waals surface area contributed by atoms with Crippen molar-refractivity contribution in [2.45, 2.75) is 37.5 Å². The number of hydrogen-bond acceptors (Lipinski definition) is 3. The highest BCUT2D eigenvalue weighted by molar-refractivity contribution is 7.81. The Kier molecular flexibility index (Phi) is 3.24. The van der Waals surface area contributed by atoms with Gasteiger partial charge in [-0.2, -0.15) is 12.6 Å². The second-order valence-corrected chi connectivity index (χ2v) is 4.88. The van der Waals surface area contributed by atoms with Gasteiger partial charge in [0, 0.05) is 30.4 Å². The number of aliphatic hydroxyl groups is 1. The lowest BCUT2D eigenvalue weighted by molar-refractivity contribution is -0.132. The zero-order valence-corrected chi connectivity index (χ0v) is 9.05. The molecule has 1 rings (SSSR count). The van der Waals surface area contributed by atoms with Crippen molar-refractivity contribution in [2.24, 2.45) is 0 Å². The molecule has 1 heterocycles. The molecule has 1 aliphatic rings. The van der Waals surface area contributed by atoms with E-state index in [1.54, 1.807) is 0 Å². The van der Waals surface area contributed by atoms with Crippen LogP contribution in [0.1, 0.15) is 26.7 Å². The van der Waals surface area contributed by atoms with E-state index in [0.717, 1.165) is 0 Å². The first kappa shape index (κ1) is 10.9. The lowest BCUT2D eigenvalue weighted by Crippen LogP contribution is -2.45. The zero-order chi connectivity index (χ0) is 10.1. The van der Waals surface area contributed by atoms with Gasteiger partial charge in [0.1, 0.15) is 0 Å². The van der Waals surface area contributed by atoms with E-state index in [-0.39, 0.29) is 23.3 Å². The van der Waals surface area contributed by atoms with Gasteiger partial charge in [0.25, 0.3) is 0 Å². The summed E-state index contributed by atoms with van der Waals surface area (Å²) in [4.78, 5) is 13.3. The van der Waals surface area contributed by atoms with E-state index < -0.39 is 0 Å². The first-order valence-corrected chi connectivity index (χ1v) is 5.08. The fraction of sp³-hybridized carbons (Fsp3) is 0.889. The van der Waals surface area contributed by atoms with E-state index in [4.69, 9.17) is 5.11 Å². The van der Waals surface area contributed by atoms with Gasteiger partial charge in [0.2, 0.25) is 5.91 Å². The van der Waals surface area contributed by atoms with Gasteiger partial charge >= 0.3 is 0 Å². The molecule has 0 aliphatic carbocycles. The van der Waals surface area contributed by atoms with Crippen molar-refractivity contribution in [1.29, 1.82) is 0 Å². The molecule has 1 amide bonds. The van der Waals surface area contributed by atoms with Gasteiger partial charge in [-0.25, -0.2) is 0 Å². The summed E-state index contributed by atoms with van der Waals surface area (Å²) in [6, 6.07) is 0. The van der Waals surface area contributed by atoms with E-state index in [1.807, 2.05) is 18.7 Å². The molecule has 0 aromatic carbocycles. The van der Waals surface area contributed by atoms with Crippen molar-refractivity contribution in [1.82, 2.24) is 4.90 Å². The molecule has 13 heavy (non-hydrogen) atoms. The Morgan fingerprint density at radius 2 is 2.31 bits per heavy atom. The topological polar surface area (TPSA) is 40.5 Å². The third kappa shape index (κ3) is 2.38. The molecule has 0 aromatic heterocycles. The molecule has 1 unspecified atom stereocenters. The average molecular weight is 203 g/mol. The maximum atomic E-state index is 11.5. The second-order valence-electron chi connectivity index (χ2n) is 4.15. The molecule has 1 atom stereocenters. The van der Waals surface area contributed by atoms with Crippen molar-refractivity contribution in [3.63, 3.8) is 0 Å². The minimum absolute atomic E-state index is 0.119. The normalized spacial score (nSPS) is 24.2. The van der Waals surface area contributed by atoms with E-state index in [0.29, 0.717) is 19.4 Å². The monoisotopic (exact) mass is 203 g/mol. The first-order valence-electron chi connectivity index (χ1n) is 4.57. The number of amides is 1. The molecule has 1 fully saturated rings. The van der Waals surface area contributed by atoms with Crippen LogP contribution < -0.4 is 0 Å². The fourth-order valence-electron chi connectivity index (χ4n) is 1.68. The maximum absolute atomic E-state index is 11.5. The standard InChI is InChI=1S/C9H17NO2S/c1-9(2,3-4-11)10-6-7(13)5-8(10)12/h7,11,13H,3-6H2,1-2H3. The minimum atomic E-state index is -0.233. The van der Waals surface area contributed by atoms with Crippen LogP contribution in [0.3, 0.4) is 0 Å². The lowest BCUT2D eigenvalue weighted by Gasteiger charge is -2.35. The summed E-state index contributed by atoms with van der Waals surface area (Å²) in [5.41, 5.74) is -0.233. The molecule has 0 aromatic rings. The van der Waals surface area contributed by atoms with E-state index in [2.05, 4.69) is 12.6 Å². The highest BCUT2D eigenvalue weighted by atomic mass is 32.1. The molecule has 0 bridgehead atoms. The molecule has 1 saturated heterocycles. The molecule has 3 nitrogen and oxygen atoms in total. The highest BCUT2D eigenvalue weighted by Crippen LogP contribution is 2.26. The van der Waals surface area contributed by atoms with Crippen LogP contribution in [0.5, 0.6) is 0 Å². The minimum Gasteiger partial charge on any atom is -0.396 e. The number of carbonyl (C=O) groups excluding carboxylic acids is 1. The molecule has 1 N–H and O–H groups in total. The summed E-state index contributed by atoms with van der Waals surface area (Å²) >= 11 is 4.29. The summed E-state index contributed by atoms with van der Waals surface area (Å²) in [6.07, 6.45) is 1.15. The van der Waals surface area contributed by atoms with Gasteiger partial charge in [-0.3, -0.25) is 4.79 Å². The van der Waals surface area contributed by atoms with Crippen LogP contribution in [0.4, 0.5) is 0 Å². The molecular weight excluding hydrogens is 186 g/mol. The Bertz CT molecular complexity index is 206. The Morgan fingerprint density at radius 1 is 1.69 bits per heavy atom. The fourth-order valence-corrected chi connectivity index (χ4v) is 2.00. The third-order valence-electron chi connectivity index (χ3n) is 2.56. The van der Waals surface area contributed by atoms with Crippen molar-refractivity contribution in [3.05, 3.63) is 0 Å². The Hall–Kier alpha value is -0.220. The Labute approximate surface area is 84.5 Å². The average Bonchev–Trinajstić information content (AvgIpc) is 2.30. The molecule has 0 saturated carbocycles. The SMILES string of the molecule is CC(C)(CCO)N1CC(S)CC1=O. The highest BCUT2D eigenvalue weighted by Gasteiger charge is 2.36. The van der Waals surface area contributed by atoms with Gasteiger partial charge in [0.15, 0.2) is 0 Å². The zero-order valence-electron chi connectivity index (χ0n) is 8.16. The van der Waals surface area contributed by atoms with Gasteiger partial charge in [-0.15, -0.1) is 0 Å². The molecule has 0 spiro atoms. The van der Waals surface area contributed by atoms with Crippen LogP contribution in [0.25, 0.3) is 0 Å². The predicted octanol–water partition coefficient (Wildman–Crippen LogP) is 0.678. The second kappa shape index (κ2) is 3.88. The molecular formula is C9H17NO2S. The number of aliphatic hydroxyl groups excluding tert-OH is 1. The van der Waals surface area contributed by atoms with Crippen molar-refractivity contribution < 1.29 is 9.90 Å². The number of carbonyl (C=O) groups is 1. The van der Waals surface area contributed by atoms with Gasteiger partial charge in [0.05, 0.1) is 0 Å². The summed E-state index contributed by atoms with van der Waals surface area (Å²) in [5, 5.41) is 9.02. The van der Waals surface area contributed by atoms with E-state index in [1.165, 1.54) is 0 Å². The van der Waals surface area contributed by atoms with E-state index in [9.17, 15) is 4.79 Å². The van der Waals surface area contributed by atoms with Gasteiger partial charge in [-0.05, 0) is 20.3 Å². The summed E-state index contributed by atoms with van der Waals surface area (Å²) in [7, 11) is 0. The smallest absolute Gasteiger partial charge is 0.224 e. The molecule has 0 radical (unpaired) electrons. The largest absolute Gasteiger partial charge is 0.396 e. The number of nitrogens with zero attached hydrogens (tertiary/aromatic N) is 1. The Balaban J connectivity index is 2.65. The van der Waals surface area contributed by atoms with Crippen molar-refractivity contribution in [2.75, 3.05) is 13.2 Å². The van der Waals surface area contributed by atoms with Crippen LogP contribution in [0.15, 0.2) is 0 Å². The molecule has 1 aliphatic heterocycles.